The first-order valence-electron chi connectivity index (χ1n) is 9.18. The first-order chi connectivity index (χ1) is 14.0. The normalized spacial score (nSPS) is 12.6. The maximum absolute atomic E-state index is 13.4. The number of halogens is 2. The van der Waals surface area contributed by atoms with Crippen LogP contribution in [0.4, 0.5) is 9.18 Å². The lowest BCUT2D eigenvalue weighted by Crippen LogP contribution is -2.44. The van der Waals surface area contributed by atoms with Crippen LogP contribution in [0.3, 0.4) is 0 Å². The summed E-state index contributed by atoms with van der Waals surface area (Å²) in [7, 11) is 0. The van der Waals surface area contributed by atoms with Crippen molar-refractivity contribution in [2.45, 2.75) is 38.8 Å². The molecule has 0 bridgehead atoms. The maximum Gasteiger partial charge on any atom is 0.408 e. The molecular weight excluding hydrogens is 457 g/mol. The molecule has 1 aromatic carbocycles. The van der Waals surface area contributed by atoms with E-state index < -0.39 is 23.7 Å². The van der Waals surface area contributed by atoms with Gasteiger partial charge in [0.2, 0.25) is 0 Å². The number of benzene rings is 1. The molecule has 2 N–H and O–H groups in total. The average Bonchev–Trinajstić information content (AvgIpc) is 2.98. The van der Waals surface area contributed by atoms with Crippen molar-refractivity contribution in [2.75, 3.05) is 0 Å². The SMILES string of the molecule is CC(C)(C)OC(=O)NC(Cc1c(-c2ccc(F)cc2)nc2ccc(Br)cn12)C(=O)O. The summed E-state index contributed by atoms with van der Waals surface area (Å²) in [5, 5.41) is 12.1. The number of amides is 1. The molecule has 0 aliphatic carbocycles. The summed E-state index contributed by atoms with van der Waals surface area (Å²) in [4.78, 5) is 28.6. The van der Waals surface area contributed by atoms with Gasteiger partial charge in [-0.15, -0.1) is 0 Å². The monoisotopic (exact) mass is 477 g/mol. The van der Waals surface area contributed by atoms with E-state index in [2.05, 4.69) is 26.2 Å². The molecule has 0 saturated carbocycles. The zero-order chi connectivity index (χ0) is 22.1. The number of nitrogens with zero attached hydrogens (tertiary/aromatic N) is 2. The highest BCUT2D eigenvalue weighted by Gasteiger charge is 2.27. The van der Waals surface area contributed by atoms with Crippen molar-refractivity contribution < 1.29 is 23.8 Å². The minimum atomic E-state index is -1.25. The molecule has 0 aliphatic heterocycles. The number of carbonyl (C=O) groups excluding carboxylic acids is 1. The Morgan fingerprint density at radius 2 is 1.90 bits per heavy atom. The van der Waals surface area contributed by atoms with Crippen molar-refractivity contribution in [3.8, 4) is 11.3 Å². The van der Waals surface area contributed by atoms with Crippen molar-refractivity contribution in [3.05, 3.63) is 58.6 Å². The van der Waals surface area contributed by atoms with Gasteiger partial charge in [0.1, 0.15) is 23.1 Å². The smallest absolute Gasteiger partial charge is 0.408 e. The number of hydrogen-bond acceptors (Lipinski definition) is 4. The van der Waals surface area contributed by atoms with E-state index in [0.717, 1.165) is 4.47 Å². The van der Waals surface area contributed by atoms with Gasteiger partial charge in [0, 0.05) is 22.7 Å². The summed E-state index contributed by atoms with van der Waals surface area (Å²) in [5.41, 5.74) is 1.52. The standard InChI is InChI=1S/C21H21BrFN3O4/c1-21(2,3)30-20(29)24-15(19(27)28)10-16-18(12-4-7-14(23)8-5-12)25-17-9-6-13(22)11-26(16)17/h4-9,11,15H,10H2,1-3H3,(H,24,29)(H,27,28). The molecule has 30 heavy (non-hydrogen) atoms. The van der Waals surface area contributed by atoms with Crippen LogP contribution in [0.1, 0.15) is 26.5 Å². The first-order valence-corrected chi connectivity index (χ1v) is 9.97. The van der Waals surface area contributed by atoms with Gasteiger partial charge in [0.15, 0.2) is 0 Å². The quantitative estimate of drug-likeness (QED) is 0.567. The van der Waals surface area contributed by atoms with Crippen LogP contribution in [-0.4, -0.2) is 38.2 Å². The molecule has 3 rings (SSSR count). The first kappa shape index (κ1) is 21.8. The van der Waals surface area contributed by atoms with Gasteiger partial charge in [-0.25, -0.2) is 19.0 Å². The Morgan fingerprint density at radius 1 is 1.23 bits per heavy atom. The molecule has 0 aliphatic rings. The van der Waals surface area contributed by atoms with E-state index >= 15 is 0 Å². The summed E-state index contributed by atoms with van der Waals surface area (Å²) < 4.78 is 21.1. The lowest BCUT2D eigenvalue weighted by Gasteiger charge is -2.22. The number of carboxylic acids is 1. The number of hydrogen-bond donors (Lipinski definition) is 2. The van der Waals surface area contributed by atoms with E-state index in [1.54, 1.807) is 49.6 Å². The van der Waals surface area contributed by atoms with Crippen molar-refractivity contribution in [1.82, 2.24) is 14.7 Å². The van der Waals surface area contributed by atoms with Gasteiger partial charge in [-0.2, -0.15) is 0 Å². The Morgan fingerprint density at radius 3 is 2.50 bits per heavy atom. The van der Waals surface area contributed by atoms with Gasteiger partial charge in [-0.3, -0.25) is 0 Å². The number of ether oxygens (including phenoxy) is 1. The van der Waals surface area contributed by atoms with Crippen LogP contribution >= 0.6 is 15.9 Å². The fraction of sp³-hybridized carbons (Fsp3) is 0.286. The second kappa shape index (κ2) is 8.43. The summed E-state index contributed by atoms with van der Waals surface area (Å²) >= 11 is 3.41. The van der Waals surface area contributed by atoms with Crippen LogP contribution in [-0.2, 0) is 16.0 Å². The minimum Gasteiger partial charge on any atom is -0.480 e. The fourth-order valence-electron chi connectivity index (χ4n) is 2.94. The lowest BCUT2D eigenvalue weighted by atomic mass is 10.0. The number of aromatic nitrogens is 2. The molecular formula is C21H21BrFN3O4. The van der Waals surface area contributed by atoms with Gasteiger partial charge in [0.25, 0.3) is 0 Å². The second-order valence-corrected chi connectivity index (χ2v) is 8.65. The van der Waals surface area contributed by atoms with Crippen LogP contribution in [0.5, 0.6) is 0 Å². The Kier molecular flexibility index (Phi) is 6.12. The van der Waals surface area contributed by atoms with Crippen LogP contribution in [0.2, 0.25) is 0 Å². The minimum absolute atomic E-state index is 0.0566. The fourth-order valence-corrected chi connectivity index (χ4v) is 3.28. The summed E-state index contributed by atoms with van der Waals surface area (Å²) in [6.45, 7) is 5.07. The van der Waals surface area contributed by atoms with Gasteiger partial charge in [-0.05, 0) is 73.1 Å². The van der Waals surface area contributed by atoms with Gasteiger partial charge < -0.3 is 19.6 Å². The van der Waals surface area contributed by atoms with E-state index in [9.17, 15) is 19.1 Å². The van der Waals surface area contributed by atoms with E-state index in [0.29, 0.717) is 22.6 Å². The molecule has 158 valence electrons. The molecule has 1 amide bonds. The van der Waals surface area contributed by atoms with Crippen LogP contribution in [0.25, 0.3) is 16.9 Å². The third-order valence-corrected chi connectivity index (χ3v) is 4.65. The topological polar surface area (TPSA) is 92.9 Å². The highest BCUT2D eigenvalue weighted by atomic mass is 79.9. The molecule has 0 spiro atoms. The Bertz CT molecular complexity index is 1090. The van der Waals surface area contributed by atoms with Gasteiger partial charge in [0.05, 0.1) is 11.4 Å². The van der Waals surface area contributed by atoms with Crippen molar-refractivity contribution in [2.24, 2.45) is 0 Å². The molecule has 7 nitrogen and oxygen atoms in total. The zero-order valence-corrected chi connectivity index (χ0v) is 18.2. The van der Waals surface area contributed by atoms with Crippen molar-refractivity contribution in [3.63, 3.8) is 0 Å². The lowest BCUT2D eigenvalue weighted by molar-refractivity contribution is -0.139. The Hall–Kier alpha value is -2.94. The summed E-state index contributed by atoms with van der Waals surface area (Å²) in [5.74, 6) is -1.60. The van der Waals surface area contributed by atoms with Crippen LogP contribution in [0, 0.1) is 5.82 Å². The molecule has 1 atom stereocenters. The molecule has 3 aromatic rings. The number of pyridine rings is 1. The van der Waals surface area contributed by atoms with Crippen molar-refractivity contribution >= 4 is 33.6 Å². The highest BCUT2D eigenvalue weighted by Crippen LogP contribution is 2.27. The molecule has 9 heteroatoms. The molecule has 0 saturated heterocycles. The Balaban J connectivity index is 2.02. The molecule has 2 heterocycles. The van der Waals surface area contributed by atoms with E-state index in [-0.39, 0.29) is 12.2 Å². The Labute approximate surface area is 181 Å². The highest BCUT2D eigenvalue weighted by molar-refractivity contribution is 9.10. The largest absolute Gasteiger partial charge is 0.480 e. The van der Waals surface area contributed by atoms with E-state index in [1.165, 1.54) is 12.1 Å². The summed E-state index contributed by atoms with van der Waals surface area (Å²) in [6.07, 6.45) is 0.879. The predicted octanol–water partition coefficient (Wildman–Crippen LogP) is 4.42. The second-order valence-electron chi connectivity index (χ2n) is 7.73. The van der Waals surface area contributed by atoms with Gasteiger partial charge in [-0.1, -0.05) is 0 Å². The zero-order valence-electron chi connectivity index (χ0n) is 16.6. The third kappa shape index (κ3) is 5.15. The maximum atomic E-state index is 13.4. The van der Waals surface area contributed by atoms with E-state index in [4.69, 9.17) is 4.74 Å². The van der Waals surface area contributed by atoms with Crippen LogP contribution in [0.15, 0.2) is 47.1 Å². The molecule has 2 aromatic heterocycles. The van der Waals surface area contributed by atoms with Crippen molar-refractivity contribution in [1.29, 1.82) is 0 Å². The molecule has 0 radical (unpaired) electrons. The average molecular weight is 478 g/mol. The number of carboxylic acid groups (broad SMARTS) is 1. The number of imidazole rings is 1. The number of alkyl carbamates (subject to hydrolysis) is 1. The number of aliphatic carboxylic acids is 1. The van der Waals surface area contributed by atoms with Gasteiger partial charge >= 0.3 is 12.1 Å². The number of carbonyl (C=O) groups is 2. The number of rotatable bonds is 5. The molecule has 1 unspecified atom stereocenters. The molecule has 0 fully saturated rings. The van der Waals surface area contributed by atoms with Crippen LogP contribution < -0.4 is 5.32 Å². The van der Waals surface area contributed by atoms with E-state index in [1.807, 2.05) is 6.07 Å². The predicted molar refractivity (Wildman–Crippen MR) is 113 cm³/mol. The number of nitrogens with one attached hydrogen (secondary N) is 1. The number of fused-ring (bicyclic) bond motifs is 1. The third-order valence-electron chi connectivity index (χ3n) is 4.19. The summed E-state index contributed by atoms with van der Waals surface area (Å²) in [6, 6.07) is 8.11.